The molecule has 1 fully saturated rings. The third-order valence-corrected chi connectivity index (χ3v) is 3.49. The summed E-state index contributed by atoms with van der Waals surface area (Å²) >= 11 is 0. The molecule has 1 saturated heterocycles. The molecule has 2 heterocycles. The number of aromatic nitrogens is 2. The number of hydrogen-bond donors (Lipinski definition) is 1. The second-order valence-electron chi connectivity index (χ2n) is 5.02. The number of hydrogen-bond acceptors (Lipinski definition) is 5. The van der Waals surface area contributed by atoms with E-state index >= 15 is 0 Å². The average molecular weight is 265 g/mol. The van der Waals surface area contributed by atoms with Gasteiger partial charge in [-0.25, -0.2) is 4.98 Å². The topological polar surface area (TPSA) is 56.3 Å². The lowest BCUT2D eigenvalue weighted by Crippen LogP contribution is -2.30. The van der Waals surface area contributed by atoms with E-state index in [1.807, 2.05) is 0 Å². The van der Waals surface area contributed by atoms with Crippen LogP contribution in [-0.2, 0) is 4.74 Å². The smallest absolute Gasteiger partial charge is 0.237 e. The Bertz CT molecular complexity index is 400. The van der Waals surface area contributed by atoms with E-state index in [1.165, 1.54) is 0 Å². The van der Waals surface area contributed by atoms with Crippen molar-refractivity contribution in [1.29, 1.82) is 0 Å². The van der Waals surface area contributed by atoms with Gasteiger partial charge in [0.05, 0.1) is 25.9 Å². The van der Waals surface area contributed by atoms with E-state index in [0.717, 1.165) is 31.7 Å². The highest BCUT2D eigenvalue weighted by Gasteiger charge is 2.33. The second-order valence-corrected chi connectivity index (χ2v) is 5.02. The van der Waals surface area contributed by atoms with Crippen LogP contribution >= 0.6 is 0 Å². The third-order valence-electron chi connectivity index (χ3n) is 3.49. The van der Waals surface area contributed by atoms with E-state index in [1.54, 1.807) is 19.5 Å². The monoisotopic (exact) mass is 265 g/mol. The molecular formula is C14H23N3O2. The zero-order chi connectivity index (χ0) is 13.7. The van der Waals surface area contributed by atoms with Gasteiger partial charge in [0, 0.05) is 18.3 Å². The molecule has 2 rings (SSSR count). The van der Waals surface area contributed by atoms with Crippen LogP contribution in [0.1, 0.15) is 38.4 Å². The fourth-order valence-corrected chi connectivity index (χ4v) is 2.58. The summed E-state index contributed by atoms with van der Waals surface area (Å²) < 4.78 is 11.0. The molecule has 106 valence electrons. The third kappa shape index (κ3) is 3.42. The number of nitrogens with zero attached hydrogens (tertiary/aromatic N) is 2. The van der Waals surface area contributed by atoms with E-state index in [4.69, 9.17) is 9.47 Å². The molecule has 0 aliphatic carbocycles. The van der Waals surface area contributed by atoms with Gasteiger partial charge >= 0.3 is 0 Å². The summed E-state index contributed by atoms with van der Waals surface area (Å²) in [6, 6.07) is 0.147. The molecule has 1 aliphatic heterocycles. The van der Waals surface area contributed by atoms with Gasteiger partial charge in [0.1, 0.15) is 5.69 Å². The predicted molar refractivity (Wildman–Crippen MR) is 73.1 cm³/mol. The van der Waals surface area contributed by atoms with Crippen molar-refractivity contribution in [2.75, 3.05) is 20.3 Å². The molecule has 1 aromatic rings. The van der Waals surface area contributed by atoms with Gasteiger partial charge in [-0.15, -0.1) is 0 Å². The van der Waals surface area contributed by atoms with Crippen LogP contribution in [0.5, 0.6) is 5.88 Å². The summed E-state index contributed by atoms with van der Waals surface area (Å²) in [5.74, 6) is 1.03. The summed E-state index contributed by atoms with van der Waals surface area (Å²) in [7, 11) is 1.64. The van der Waals surface area contributed by atoms with Gasteiger partial charge in [0.15, 0.2) is 0 Å². The van der Waals surface area contributed by atoms with Crippen molar-refractivity contribution in [1.82, 2.24) is 15.3 Å². The van der Waals surface area contributed by atoms with Gasteiger partial charge in [0.2, 0.25) is 5.88 Å². The molecule has 0 aromatic carbocycles. The summed E-state index contributed by atoms with van der Waals surface area (Å²) in [6.45, 7) is 5.99. The van der Waals surface area contributed by atoms with E-state index < -0.39 is 0 Å². The Morgan fingerprint density at radius 1 is 1.47 bits per heavy atom. The van der Waals surface area contributed by atoms with Crippen LogP contribution in [0.3, 0.4) is 0 Å². The second kappa shape index (κ2) is 6.82. The van der Waals surface area contributed by atoms with Crippen molar-refractivity contribution in [3.05, 3.63) is 18.1 Å². The molecule has 19 heavy (non-hydrogen) atoms. The maximum atomic E-state index is 5.69. The van der Waals surface area contributed by atoms with Gasteiger partial charge in [-0.3, -0.25) is 4.98 Å². The van der Waals surface area contributed by atoms with Crippen molar-refractivity contribution in [2.45, 2.75) is 38.8 Å². The van der Waals surface area contributed by atoms with Gasteiger partial charge < -0.3 is 14.8 Å². The minimum absolute atomic E-state index is 0.147. The summed E-state index contributed by atoms with van der Waals surface area (Å²) in [6.07, 6.45) is 5.83. The standard InChI is InChI=1S/C14H23N3O2/c1-4-5-15-12(11-8-10(2)19-9-11)13-14(18-3)17-7-6-16-13/h6-7,10-12,15H,4-5,8-9H2,1-3H3. The zero-order valence-corrected chi connectivity index (χ0v) is 11.9. The maximum absolute atomic E-state index is 5.69. The molecular weight excluding hydrogens is 242 g/mol. The fraction of sp³-hybridized carbons (Fsp3) is 0.714. The Balaban J connectivity index is 2.21. The molecule has 0 spiro atoms. The van der Waals surface area contributed by atoms with Crippen LogP contribution in [0.2, 0.25) is 0 Å². The number of methoxy groups -OCH3 is 1. The molecule has 1 aromatic heterocycles. The van der Waals surface area contributed by atoms with Crippen molar-refractivity contribution < 1.29 is 9.47 Å². The van der Waals surface area contributed by atoms with Gasteiger partial charge in [-0.1, -0.05) is 6.92 Å². The quantitative estimate of drug-likeness (QED) is 0.852. The van der Waals surface area contributed by atoms with Crippen molar-refractivity contribution in [3.63, 3.8) is 0 Å². The number of ether oxygens (including phenoxy) is 2. The lowest BCUT2D eigenvalue weighted by Gasteiger charge is -2.24. The lowest BCUT2D eigenvalue weighted by molar-refractivity contribution is 0.116. The first-order valence-corrected chi connectivity index (χ1v) is 6.96. The summed E-state index contributed by atoms with van der Waals surface area (Å²) in [5.41, 5.74) is 0.890. The molecule has 1 N–H and O–H groups in total. The fourth-order valence-electron chi connectivity index (χ4n) is 2.58. The Kier molecular flexibility index (Phi) is 5.10. The summed E-state index contributed by atoms with van der Waals surface area (Å²) in [4.78, 5) is 8.72. The Morgan fingerprint density at radius 2 is 2.26 bits per heavy atom. The first-order chi connectivity index (χ1) is 9.26. The average Bonchev–Trinajstić information content (AvgIpc) is 2.86. The first kappa shape index (κ1) is 14.2. The van der Waals surface area contributed by atoms with Crippen LogP contribution < -0.4 is 10.1 Å². The molecule has 5 nitrogen and oxygen atoms in total. The highest BCUT2D eigenvalue weighted by molar-refractivity contribution is 5.22. The zero-order valence-electron chi connectivity index (χ0n) is 11.9. The normalized spacial score (nSPS) is 24.4. The first-order valence-electron chi connectivity index (χ1n) is 6.96. The molecule has 0 bridgehead atoms. The Labute approximate surface area is 114 Å². The van der Waals surface area contributed by atoms with Crippen LogP contribution in [-0.4, -0.2) is 36.3 Å². The molecule has 0 radical (unpaired) electrons. The Hall–Kier alpha value is -1.20. The van der Waals surface area contributed by atoms with Crippen LogP contribution in [0.15, 0.2) is 12.4 Å². The van der Waals surface area contributed by atoms with Crippen LogP contribution in [0.4, 0.5) is 0 Å². The lowest BCUT2D eigenvalue weighted by atomic mass is 9.94. The van der Waals surface area contributed by atoms with Crippen molar-refractivity contribution in [3.8, 4) is 5.88 Å². The minimum atomic E-state index is 0.147. The molecule has 3 atom stereocenters. The SMILES string of the molecule is CCCNC(c1nccnc1OC)C1COC(C)C1. The summed E-state index contributed by atoms with van der Waals surface area (Å²) in [5, 5.41) is 3.56. The molecule has 1 aliphatic rings. The van der Waals surface area contributed by atoms with E-state index in [-0.39, 0.29) is 6.04 Å². The molecule has 0 saturated carbocycles. The molecule has 3 unspecified atom stereocenters. The number of rotatable bonds is 6. The Morgan fingerprint density at radius 3 is 2.89 bits per heavy atom. The highest BCUT2D eigenvalue weighted by Crippen LogP contribution is 2.33. The minimum Gasteiger partial charge on any atom is -0.480 e. The van der Waals surface area contributed by atoms with E-state index in [9.17, 15) is 0 Å². The van der Waals surface area contributed by atoms with Crippen molar-refractivity contribution in [2.24, 2.45) is 5.92 Å². The van der Waals surface area contributed by atoms with Gasteiger partial charge in [0.25, 0.3) is 0 Å². The van der Waals surface area contributed by atoms with Gasteiger partial charge in [-0.05, 0) is 26.3 Å². The van der Waals surface area contributed by atoms with Crippen LogP contribution in [0.25, 0.3) is 0 Å². The molecule has 5 heteroatoms. The largest absolute Gasteiger partial charge is 0.480 e. The van der Waals surface area contributed by atoms with E-state index in [0.29, 0.717) is 17.9 Å². The molecule has 0 amide bonds. The van der Waals surface area contributed by atoms with E-state index in [2.05, 4.69) is 29.1 Å². The highest BCUT2D eigenvalue weighted by atomic mass is 16.5. The van der Waals surface area contributed by atoms with Gasteiger partial charge in [-0.2, -0.15) is 0 Å². The predicted octanol–water partition coefficient (Wildman–Crippen LogP) is 1.95. The maximum Gasteiger partial charge on any atom is 0.237 e. The number of nitrogens with one attached hydrogen (secondary N) is 1. The van der Waals surface area contributed by atoms with Crippen LogP contribution in [0, 0.1) is 5.92 Å². The van der Waals surface area contributed by atoms with Crippen molar-refractivity contribution >= 4 is 0 Å².